The Morgan fingerprint density at radius 1 is 1.50 bits per heavy atom. The highest BCUT2D eigenvalue weighted by Gasteiger charge is 2.31. The summed E-state index contributed by atoms with van der Waals surface area (Å²) < 4.78 is 13.5. The molecule has 0 aliphatic heterocycles. The first-order chi connectivity index (χ1) is 7.46. The summed E-state index contributed by atoms with van der Waals surface area (Å²) in [7, 11) is 0. The van der Waals surface area contributed by atoms with Crippen LogP contribution in [-0.2, 0) is 6.42 Å². The van der Waals surface area contributed by atoms with Crippen LogP contribution in [-0.4, -0.2) is 10.7 Å². The van der Waals surface area contributed by atoms with Crippen molar-refractivity contribution in [3.05, 3.63) is 34.1 Å². The lowest BCUT2D eigenvalue weighted by Crippen LogP contribution is -2.27. The van der Waals surface area contributed by atoms with Crippen LogP contribution in [0, 0.1) is 11.7 Å². The predicted molar refractivity (Wildman–Crippen MR) is 65.8 cm³/mol. The third-order valence-corrected chi connectivity index (χ3v) is 3.60. The fourth-order valence-corrected chi connectivity index (χ4v) is 2.53. The van der Waals surface area contributed by atoms with E-state index in [1.165, 1.54) is 18.9 Å². The highest BCUT2D eigenvalue weighted by molar-refractivity contribution is 9.10. The van der Waals surface area contributed by atoms with Crippen molar-refractivity contribution < 1.29 is 9.50 Å². The van der Waals surface area contributed by atoms with Crippen molar-refractivity contribution in [2.75, 3.05) is 0 Å². The average molecular weight is 287 g/mol. The Morgan fingerprint density at radius 3 is 2.75 bits per heavy atom. The summed E-state index contributed by atoms with van der Waals surface area (Å²) >= 11 is 3.16. The normalized spacial score (nSPS) is 19.5. The van der Waals surface area contributed by atoms with Gasteiger partial charge in [0.25, 0.3) is 0 Å². The van der Waals surface area contributed by atoms with Gasteiger partial charge in [-0.15, -0.1) is 0 Å². The topological polar surface area (TPSA) is 20.2 Å². The molecule has 0 bridgehead atoms. The number of benzene rings is 1. The van der Waals surface area contributed by atoms with E-state index < -0.39 is 5.60 Å². The minimum atomic E-state index is -0.668. The van der Waals surface area contributed by atoms with E-state index in [0.29, 0.717) is 16.8 Å². The van der Waals surface area contributed by atoms with Gasteiger partial charge < -0.3 is 5.11 Å². The maximum Gasteiger partial charge on any atom is 0.137 e. The molecule has 16 heavy (non-hydrogen) atoms. The maximum atomic E-state index is 13.0. The molecule has 1 saturated carbocycles. The molecular weight excluding hydrogens is 271 g/mol. The summed E-state index contributed by atoms with van der Waals surface area (Å²) in [5, 5.41) is 10.2. The minimum absolute atomic E-state index is 0.259. The van der Waals surface area contributed by atoms with Gasteiger partial charge in [-0.3, -0.25) is 0 Å². The second-order valence-electron chi connectivity index (χ2n) is 5.07. The van der Waals surface area contributed by atoms with Crippen molar-refractivity contribution in [1.29, 1.82) is 0 Å². The van der Waals surface area contributed by atoms with Gasteiger partial charge in [-0.2, -0.15) is 0 Å². The van der Waals surface area contributed by atoms with E-state index in [1.807, 2.05) is 6.92 Å². The van der Waals surface area contributed by atoms with E-state index in [0.717, 1.165) is 12.0 Å². The van der Waals surface area contributed by atoms with Gasteiger partial charge in [0.05, 0.1) is 10.1 Å². The summed E-state index contributed by atoms with van der Waals surface area (Å²) in [5.41, 5.74) is 0.303. The van der Waals surface area contributed by atoms with Gasteiger partial charge in [0.15, 0.2) is 0 Å². The smallest absolute Gasteiger partial charge is 0.137 e. The highest BCUT2D eigenvalue weighted by atomic mass is 79.9. The second kappa shape index (κ2) is 4.46. The Balaban J connectivity index is 2.03. The number of hydrogen-bond donors (Lipinski definition) is 1. The molecule has 0 aromatic heterocycles. The van der Waals surface area contributed by atoms with Gasteiger partial charge in [-0.1, -0.05) is 18.9 Å². The van der Waals surface area contributed by atoms with Crippen LogP contribution in [0.5, 0.6) is 0 Å². The molecule has 1 fully saturated rings. The van der Waals surface area contributed by atoms with Crippen molar-refractivity contribution in [3.8, 4) is 0 Å². The fraction of sp³-hybridized carbons (Fsp3) is 0.538. The number of halogens is 2. The van der Waals surface area contributed by atoms with E-state index in [2.05, 4.69) is 15.9 Å². The van der Waals surface area contributed by atoms with Crippen LogP contribution in [0.25, 0.3) is 0 Å². The third-order valence-electron chi connectivity index (χ3n) is 2.99. The number of aliphatic hydroxyl groups is 1. The Labute approximate surface area is 104 Å². The summed E-state index contributed by atoms with van der Waals surface area (Å²) in [6.45, 7) is 1.86. The van der Waals surface area contributed by atoms with Crippen LogP contribution in [0.3, 0.4) is 0 Å². The molecule has 0 radical (unpaired) electrons. The zero-order chi connectivity index (χ0) is 11.8. The number of hydrogen-bond acceptors (Lipinski definition) is 1. The van der Waals surface area contributed by atoms with Crippen molar-refractivity contribution >= 4 is 15.9 Å². The standard InChI is InChI=1S/C13H16BrFO/c1-13(16,7-9-2-3-9)8-10-4-5-12(15)11(14)6-10/h4-6,9,16H,2-3,7-8H2,1H3. The van der Waals surface area contributed by atoms with E-state index >= 15 is 0 Å². The Bertz CT molecular complexity index is 386. The van der Waals surface area contributed by atoms with Crippen LogP contribution in [0.15, 0.2) is 22.7 Å². The summed E-state index contributed by atoms with van der Waals surface area (Å²) in [5.74, 6) is 0.435. The van der Waals surface area contributed by atoms with Crippen LogP contribution in [0.2, 0.25) is 0 Å². The van der Waals surface area contributed by atoms with Crippen LogP contribution >= 0.6 is 15.9 Å². The van der Waals surface area contributed by atoms with E-state index in [9.17, 15) is 9.50 Å². The molecule has 1 N–H and O–H groups in total. The predicted octanol–water partition coefficient (Wildman–Crippen LogP) is 3.68. The van der Waals surface area contributed by atoms with Gasteiger partial charge in [-0.25, -0.2) is 4.39 Å². The molecule has 0 heterocycles. The molecule has 0 amide bonds. The first-order valence-corrected chi connectivity index (χ1v) is 6.42. The first kappa shape index (κ1) is 12.1. The van der Waals surface area contributed by atoms with Gasteiger partial charge in [0.1, 0.15) is 5.82 Å². The van der Waals surface area contributed by atoms with Crippen LogP contribution in [0.1, 0.15) is 31.7 Å². The first-order valence-electron chi connectivity index (χ1n) is 5.63. The van der Waals surface area contributed by atoms with Crippen LogP contribution in [0.4, 0.5) is 4.39 Å². The van der Waals surface area contributed by atoms with Gasteiger partial charge in [0.2, 0.25) is 0 Å². The van der Waals surface area contributed by atoms with Gasteiger partial charge in [0, 0.05) is 6.42 Å². The van der Waals surface area contributed by atoms with Crippen molar-refractivity contribution in [1.82, 2.24) is 0 Å². The summed E-state index contributed by atoms with van der Waals surface area (Å²) in [6, 6.07) is 4.92. The molecule has 2 rings (SSSR count). The SMILES string of the molecule is CC(O)(Cc1ccc(F)c(Br)c1)CC1CC1. The van der Waals surface area contributed by atoms with E-state index in [-0.39, 0.29) is 5.82 Å². The van der Waals surface area contributed by atoms with Crippen molar-refractivity contribution in [2.45, 2.75) is 38.2 Å². The Morgan fingerprint density at radius 2 is 2.19 bits per heavy atom. The Hall–Kier alpha value is -0.410. The number of rotatable bonds is 4. The largest absolute Gasteiger partial charge is 0.390 e. The van der Waals surface area contributed by atoms with Crippen LogP contribution < -0.4 is 0 Å². The summed E-state index contributed by atoms with van der Waals surface area (Å²) in [6.07, 6.45) is 3.91. The maximum absolute atomic E-state index is 13.0. The molecule has 1 aromatic carbocycles. The molecule has 1 nitrogen and oxygen atoms in total. The molecule has 1 atom stereocenters. The Kier molecular flexibility index (Phi) is 3.36. The zero-order valence-corrected chi connectivity index (χ0v) is 10.9. The molecule has 0 spiro atoms. The van der Waals surface area contributed by atoms with E-state index in [1.54, 1.807) is 12.1 Å². The van der Waals surface area contributed by atoms with Crippen molar-refractivity contribution in [3.63, 3.8) is 0 Å². The molecule has 1 unspecified atom stereocenters. The molecule has 88 valence electrons. The average Bonchev–Trinajstić information content (AvgIpc) is 2.94. The van der Waals surface area contributed by atoms with Gasteiger partial charge >= 0.3 is 0 Å². The lowest BCUT2D eigenvalue weighted by Gasteiger charge is -2.23. The minimum Gasteiger partial charge on any atom is -0.390 e. The zero-order valence-electron chi connectivity index (χ0n) is 9.34. The van der Waals surface area contributed by atoms with E-state index in [4.69, 9.17) is 0 Å². The third kappa shape index (κ3) is 3.29. The molecule has 0 saturated heterocycles. The van der Waals surface area contributed by atoms with Gasteiger partial charge in [-0.05, 0) is 52.9 Å². The fourth-order valence-electron chi connectivity index (χ4n) is 2.11. The second-order valence-corrected chi connectivity index (χ2v) is 5.92. The molecule has 1 aliphatic rings. The van der Waals surface area contributed by atoms with Crippen molar-refractivity contribution in [2.24, 2.45) is 5.92 Å². The lowest BCUT2D eigenvalue weighted by molar-refractivity contribution is 0.0455. The molecule has 1 aromatic rings. The molecule has 3 heteroatoms. The molecule has 1 aliphatic carbocycles. The monoisotopic (exact) mass is 286 g/mol. The highest BCUT2D eigenvalue weighted by Crippen LogP contribution is 2.37. The summed E-state index contributed by atoms with van der Waals surface area (Å²) in [4.78, 5) is 0. The lowest BCUT2D eigenvalue weighted by atomic mass is 9.91. The molecular formula is C13H16BrFO. The quantitative estimate of drug-likeness (QED) is 0.895.